The average Bonchev–Trinajstić information content (AvgIpc) is 2.41. The fourth-order valence-electron chi connectivity index (χ4n) is 1.74. The Hall–Kier alpha value is -1.08. The van der Waals surface area contributed by atoms with Gasteiger partial charge in [0, 0.05) is 6.54 Å². The molecule has 0 saturated heterocycles. The third-order valence-electron chi connectivity index (χ3n) is 2.97. The number of likely N-dealkylation sites (N-methyl/N-ethyl adjacent to an activating group) is 1. The lowest BCUT2D eigenvalue weighted by atomic mass is 10.1. The van der Waals surface area contributed by atoms with Crippen LogP contribution in [-0.2, 0) is 14.4 Å². The van der Waals surface area contributed by atoms with Gasteiger partial charge in [0.1, 0.15) is 11.8 Å². The van der Waals surface area contributed by atoms with Gasteiger partial charge >= 0.3 is 0 Å². The van der Waals surface area contributed by atoms with Crippen molar-refractivity contribution in [3.05, 3.63) is 0 Å². The summed E-state index contributed by atoms with van der Waals surface area (Å²) in [6, 6.07) is -0.670. The maximum absolute atomic E-state index is 11.6. The molecule has 0 aliphatic heterocycles. The van der Waals surface area contributed by atoms with Gasteiger partial charge in [-0.3, -0.25) is 14.4 Å². The van der Waals surface area contributed by atoms with Crippen molar-refractivity contribution in [2.24, 2.45) is 0 Å². The number of hydrogen-bond acceptors (Lipinski definition) is 5. The quantitative estimate of drug-likeness (QED) is 0.335. The summed E-state index contributed by atoms with van der Waals surface area (Å²) in [5.74, 6) is -0.292. The van der Waals surface area contributed by atoms with Crippen molar-refractivity contribution < 1.29 is 14.4 Å². The number of carbonyl (C=O) groups excluding carboxylic acids is 3. The number of carbonyl (C=O) groups is 3. The monoisotopic (exact) mass is 303 g/mol. The minimum atomic E-state index is -0.558. The van der Waals surface area contributed by atoms with E-state index in [1.165, 1.54) is 0 Å². The van der Waals surface area contributed by atoms with Crippen molar-refractivity contribution in [2.75, 3.05) is 19.3 Å². The molecule has 0 fully saturated rings. The van der Waals surface area contributed by atoms with Gasteiger partial charge in [-0.1, -0.05) is 0 Å². The summed E-state index contributed by atoms with van der Waals surface area (Å²) in [7, 11) is 1.76. The van der Waals surface area contributed by atoms with Crippen molar-refractivity contribution in [1.82, 2.24) is 16.0 Å². The predicted molar refractivity (Wildman–Crippen MR) is 81.8 cm³/mol. The molecule has 0 heterocycles. The molecule has 0 aromatic rings. The smallest absolute Gasteiger partial charge is 0.242 e. The molecule has 0 bridgehead atoms. The number of nitrogens with one attached hydrogen (secondary N) is 3. The standard InChI is InChI=1S/C13H25N3O3S/c1-9(16-12(18)8-20)13(19)15-7-5-4-6-11(14-3)10(2)17/h9,11,14,20H,4-8H2,1-3H3,(H,15,19)(H,16,18)/t9?,11-/m0/s1. The molecule has 0 aromatic heterocycles. The normalized spacial score (nSPS) is 13.4. The summed E-state index contributed by atoms with van der Waals surface area (Å²) in [4.78, 5) is 33.9. The van der Waals surface area contributed by atoms with Gasteiger partial charge in [-0.15, -0.1) is 0 Å². The molecule has 0 aliphatic carbocycles. The molecule has 3 N–H and O–H groups in total. The van der Waals surface area contributed by atoms with Crippen LogP contribution in [-0.4, -0.2) is 49.0 Å². The van der Waals surface area contributed by atoms with Crippen molar-refractivity contribution in [2.45, 2.75) is 45.2 Å². The predicted octanol–water partition coefficient (Wildman–Crippen LogP) is -0.116. The summed E-state index contributed by atoms with van der Waals surface area (Å²) in [5.41, 5.74) is 0. The lowest BCUT2D eigenvalue weighted by Crippen LogP contribution is -2.45. The van der Waals surface area contributed by atoms with E-state index < -0.39 is 6.04 Å². The van der Waals surface area contributed by atoms with E-state index in [-0.39, 0.29) is 29.4 Å². The Morgan fingerprint density at radius 2 is 1.85 bits per heavy atom. The maximum Gasteiger partial charge on any atom is 0.242 e. The van der Waals surface area contributed by atoms with Crippen LogP contribution in [0.4, 0.5) is 0 Å². The van der Waals surface area contributed by atoms with Crippen LogP contribution in [0.1, 0.15) is 33.1 Å². The van der Waals surface area contributed by atoms with E-state index in [1.807, 2.05) is 0 Å². The van der Waals surface area contributed by atoms with Gasteiger partial charge in [0.15, 0.2) is 0 Å². The van der Waals surface area contributed by atoms with Gasteiger partial charge in [-0.2, -0.15) is 12.6 Å². The average molecular weight is 303 g/mol. The van der Waals surface area contributed by atoms with Crippen molar-refractivity contribution in [3.63, 3.8) is 0 Å². The molecule has 2 amide bonds. The SMILES string of the molecule is CN[C@@H](CCCCNC(=O)C(C)NC(=O)CS)C(C)=O. The van der Waals surface area contributed by atoms with Gasteiger partial charge in [-0.25, -0.2) is 0 Å². The molecular weight excluding hydrogens is 278 g/mol. The first-order valence-corrected chi connectivity index (χ1v) is 7.41. The molecule has 6 nitrogen and oxygen atoms in total. The van der Waals surface area contributed by atoms with E-state index in [2.05, 4.69) is 28.6 Å². The molecule has 0 aromatic carbocycles. The molecular formula is C13H25N3O3S. The van der Waals surface area contributed by atoms with Gasteiger partial charge in [0.2, 0.25) is 11.8 Å². The van der Waals surface area contributed by atoms with Gasteiger partial charge < -0.3 is 16.0 Å². The van der Waals surface area contributed by atoms with Crippen molar-refractivity contribution in [1.29, 1.82) is 0 Å². The Balaban J connectivity index is 3.76. The highest BCUT2D eigenvalue weighted by atomic mass is 32.1. The molecule has 2 atom stereocenters. The topological polar surface area (TPSA) is 87.3 Å². The van der Waals surface area contributed by atoms with Crippen LogP contribution in [0.2, 0.25) is 0 Å². The number of hydrogen-bond donors (Lipinski definition) is 4. The summed E-state index contributed by atoms with van der Waals surface area (Å²) >= 11 is 3.82. The van der Waals surface area contributed by atoms with E-state index in [0.29, 0.717) is 6.54 Å². The minimum Gasteiger partial charge on any atom is -0.354 e. The highest BCUT2D eigenvalue weighted by Gasteiger charge is 2.14. The summed E-state index contributed by atoms with van der Waals surface area (Å²) in [5, 5.41) is 8.24. The highest BCUT2D eigenvalue weighted by molar-refractivity contribution is 7.81. The Labute approximate surface area is 125 Å². The van der Waals surface area contributed by atoms with Crippen LogP contribution in [0.5, 0.6) is 0 Å². The van der Waals surface area contributed by atoms with Crippen LogP contribution in [0, 0.1) is 0 Å². The third kappa shape index (κ3) is 8.16. The second kappa shape index (κ2) is 10.7. The Morgan fingerprint density at radius 3 is 2.35 bits per heavy atom. The maximum atomic E-state index is 11.6. The molecule has 0 saturated carbocycles. The largest absolute Gasteiger partial charge is 0.354 e. The van der Waals surface area contributed by atoms with Gasteiger partial charge in [-0.05, 0) is 40.2 Å². The van der Waals surface area contributed by atoms with Crippen LogP contribution in [0.15, 0.2) is 0 Å². The first kappa shape index (κ1) is 18.9. The Bertz CT molecular complexity index is 337. The van der Waals surface area contributed by atoms with Gasteiger partial charge in [0.05, 0.1) is 11.8 Å². The Morgan fingerprint density at radius 1 is 1.20 bits per heavy atom. The zero-order valence-electron chi connectivity index (χ0n) is 12.4. The number of amides is 2. The van der Waals surface area contributed by atoms with E-state index in [9.17, 15) is 14.4 Å². The molecule has 1 unspecified atom stereocenters. The zero-order valence-corrected chi connectivity index (χ0v) is 13.3. The number of rotatable bonds is 10. The molecule has 0 rings (SSSR count). The highest BCUT2D eigenvalue weighted by Crippen LogP contribution is 2.01. The minimum absolute atomic E-state index is 0.0636. The third-order valence-corrected chi connectivity index (χ3v) is 3.26. The summed E-state index contributed by atoms with van der Waals surface area (Å²) < 4.78 is 0. The van der Waals surface area contributed by atoms with Crippen LogP contribution < -0.4 is 16.0 Å². The molecule has 0 spiro atoms. The second-order valence-corrected chi connectivity index (χ2v) is 5.00. The van der Waals surface area contributed by atoms with Crippen molar-refractivity contribution in [3.8, 4) is 0 Å². The van der Waals surface area contributed by atoms with Crippen molar-refractivity contribution >= 4 is 30.2 Å². The van der Waals surface area contributed by atoms with E-state index in [1.54, 1.807) is 20.9 Å². The first-order chi connectivity index (χ1) is 9.42. The summed E-state index contributed by atoms with van der Waals surface area (Å²) in [6.07, 6.45) is 2.40. The number of ketones is 1. The molecule has 0 radical (unpaired) electrons. The Kier molecular flexibility index (Phi) is 10.1. The zero-order chi connectivity index (χ0) is 15.5. The molecule has 7 heteroatoms. The number of Topliss-reactive ketones (excluding diaryl/α,β-unsaturated/α-hetero) is 1. The fourth-order valence-corrected chi connectivity index (χ4v) is 1.83. The van der Waals surface area contributed by atoms with E-state index in [0.717, 1.165) is 19.3 Å². The number of unbranched alkanes of at least 4 members (excludes halogenated alkanes) is 1. The van der Waals surface area contributed by atoms with Crippen LogP contribution in [0.25, 0.3) is 0 Å². The second-order valence-electron chi connectivity index (χ2n) is 4.69. The first-order valence-electron chi connectivity index (χ1n) is 6.78. The van der Waals surface area contributed by atoms with Crippen LogP contribution >= 0.6 is 12.6 Å². The summed E-state index contributed by atoms with van der Waals surface area (Å²) in [6.45, 7) is 3.73. The van der Waals surface area contributed by atoms with E-state index in [4.69, 9.17) is 0 Å². The lowest BCUT2D eigenvalue weighted by Gasteiger charge is -2.14. The lowest BCUT2D eigenvalue weighted by molar-refractivity contribution is -0.127. The molecule has 0 aliphatic rings. The van der Waals surface area contributed by atoms with E-state index >= 15 is 0 Å². The molecule has 20 heavy (non-hydrogen) atoms. The number of thiol groups is 1. The fraction of sp³-hybridized carbons (Fsp3) is 0.769. The molecule has 116 valence electrons. The van der Waals surface area contributed by atoms with Gasteiger partial charge in [0.25, 0.3) is 0 Å². The van der Waals surface area contributed by atoms with Crippen LogP contribution in [0.3, 0.4) is 0 Å².